The molecule has 1 N–H and O–H groups in total. The van der Waals surface area contributed by atoms with Crippen LogP contribution in [0.15, 0.2) is 60.7 Å². The Morgan fingerprint density at radius 2 is 1.69 bits per heavy atom. The number of benzene rings is 3. The molecule has 0 unspecified atom stereocenters. The van der Waals surface area contributed by atoms with Crippen LogP contribution in [0.4, 0.5) is 5.69 Å². The van der Waals surface area contributed by atoms with Crippen molar-refractivity contribution in [1.29, 1.82) is 0 Å². The van der Waals surface area contributed by atoms with Crippen LogP contribution in [0.1, 0.15) is 30.4 Å². The maximum Gasteiger partial charge on any atom is 0.303 e. The largest absolute Gasteiger partial charge is 0.488 e. The van der Waals surface area contributed by atoms with Crippen molar-refractivity contribution >= 4 is 28.3 Å². The fourth-order valence-corrected chi connectivity index (χ4v) is 3.88. The number of ether oxygens (including phenoxy) is 1. The Labute approximate surface area is 169 Å². The van der Waals surface area contributed by atoms with Crippen LogP contribution in [0.2, 0.25) is 0 Å². The van der Waals surface area contributed by atoms with Crippen LogP contribution < -0.4 is 9.64 Å². The summed E-state index contributed by atoms with van der Waals surface area (Å²) in [6.45, 7) is 1.07. The molecule has 29 heavy (non-hydrogen) atoms. The van der Waals surface area contributed by atoms with Gasteiger partial charge < -0.3 is 14.7 Å². The quantitative estimate of drug-likeness (QED) is 0.643. The molecule has 0 spiro atoms. The molecule has 0 radical (unpaired) electrons. The van der Waals surface area contributed by atoms with Gasteiger partial charge in [-0.3, -0.25) is 9.59 Å². The van der Waals surface area contributed by atoms with Gasteiger partial charge in [-0.2, -0.15) is 0 Å². The molecule has 0 fully saturated rings. The lowest BCUT2D eigenvalue weighted by atomic mass is 10.0. The molecule has 3 aromatic carbocycles. The summed E-state index contributed by atoms with van der Waals surface area (Å²) in [5.74, 6) is -0.148. The Kier molecular flexibility index (Phi) is 5.47. The number of carboxylic acid groups (broad SMARTS) is 1. The van der Waals surface area contributed by atoms with Gasteiger partial charge in [-0.25, -0.2) is 0 Å². The highest BCUT2D eigenvalue weighted by molar-refractivity contribution is 6.03. The normalized spacial score (nSPS) is 12.8. The van der Waals surface area contributed by atoms with Crippen molar-refractivity contribution in [1.82, 2.24) is 0 Å². The molecule has 1 aliphatic heterocycles. The number of anilines is 1. The maximum absolute atomic E-state index is 12.7. The molecule has 0 saturated heterocycles. The maximum atomic E-state index is 12.7. The Balaban J connectivity index is 1.62. The second-order valence-corrected chi connectivity index (χ2v) is 7.23. The summed E-state index contributed by atoms with van der Waals surface area (Å²) in [5, 5.41) is 11.0. The third kappa shape index (κ3) is 4.09. The first-order valence-electron chi connectivity index (χ1n) is 9.87. The minimum absolute atomic E-state index is 0.00952. The first kappa shape index (κ1) is 19.0. The van der Waals surface area contributed by atoms with Gasteiger partial charge in [0.2, 0.25) is 5.91 Å². The van der Waals surface area contributed by atoms with E-state index in [0.29, 0.717) is 19.6 Å². The molecule has 1 aliphatic rings. The van der Waals surface area contributed by atoms with Gasteiger partial charge in [0.15, 0.2) is 0 Å². The van der Waals surface area contributed by atoms with E-state index in [1.54, 1.807) is 4.90 Å². The fourth-order valence-electron chi connectivity index (χ4n) is 3.88. The van der Waals surface area contributed by atoms with Gasteiger partial charge in [-0.15, -0.1) is 0 Å². The number of rotatable bonds is 7. The van der Waals surface area contributed by atoms with E-state index >= 15 is 0 Å². The molecule has 1 heterocycles. The molecule has 0 atom stereocenters. The van der Waals surface area contributed by atoms with Gasteiger partial charge in [-0.1, -0.05) is 54.6 Å². The summed E-state index contributed by atoms with van der Waals surface area (Å²) in [5.41, 5.74) is 3.12. The molecular weight excluding hydrogens is 366 g/mol. The van der Waals surface area contributed by atoms with E-state index in [1.165, 1.54) is 0 Å². The van der Waals surface area contributed by atoms with Crippen LogP contribution in [0.3, 0.4) is 0 Å². The molecule has 0 bridgehead atoms. The molecular formula is C24H23NO4. The minimum Gasteiger partial charge on any atom is -0.488 e. The van der Waals surface area contributed by atoms with Crippen molar-refractivity contribution in [2.75, 3.05) is 11.4 Å². The molecule has 4 rings (SSSR count). The Hall–Kier alpha value is -3.34. The number of hydrogen-bond acceptors (Lipinski definition) is 3. The molecule has 5 nitrogen and oxygen atoms in total. The monoisotopic (exact) mass is 389 g/mol. The molecule has 3 aromatic rings. The highest BCUT2D eigenvalue weighted by Gasteiger charge is 2.27. The van der Waals surface area contributed by atoms with E-state index in [1.807, 2.05) is 54.6 Å². The number of carbonyl (C=O) groups is 2. The van der Waals surface area contributed by atoms with Crippen molar-refractivity contribution in [3.63, 3.8) is 0 Å². The fraction of sp³-hybridized carbons (Fsp3) is 0.250. The summed E-state index contributed by atoms with van der Waals surface area (Å²) in [6.07, 6.45) is 1.39. The second-order valence-electron chi connectivity index (χ2n) is 7.23. The zero-order valence-corrected chi connectivity index (χ0v) is 16.1. The standard InChI is InChI=1S/C24H23NO4/c26-23(11-6-12-24(27)28)25-14-13-19-18-9-4-5-10-20(18)22(15-21(19)25)29-16-17-7-2-1-3-8-17/h1-5,7-10,15H,6,11-14,16H2,(H,27,28). The number of fused-ring (bicyclic) bond motifs is 3. The number of carboxylic acids is 1. The molecule has 5 heteroatoms. The number of carbonyl (C=O) groups excluding carboxylic acids is 1. The topological polar surface area (TPSA) is 66.8 Å². The lowest BCUT2D eigenvalue weighted by Crippen LogP contribution is -2.28. The zero-order valence-electron chi connectivity index (χ0n) is 16.1. The van der Waals surface area contributed by atoms with Gasteiger partial charge in [0.25, 0.3) is 0 Å². The predicted molar refractivity (Wildman–Crippen MR) is 112 cm³/mol. The van der Waals surface area contributed by atoms with Crippen molar-refractivity contribution in [3.8, 4) is 5.75 Å². The number of nitrogens with zero attached hydrogens (tertiary/aromatic N) is 1. The Morgan fingerprint density at radius 1 is 0.966 bits per heavy atom. The lowest BCUT2D eigenvalue weighted by molar-refractivity contribution is -0.137. The molecule has 1 amide bonds. The highest BCUT2D eigenvalue weighted by Crippen LogP contribution is 2.40. The van der Waals surface area contributed by atoms with Crippen LogP contribution in [-0.4, -0.2) is 23.5 Å². The van der Waals surface area contributed by atoms with Gasteiger partial charge in [0.05, 0.1) is 5.69 Å². The number of hydrogen-bond donors (Lipinski definition) is 1. The molecule has 0 aromatic heterocycles. The first-order chi connectivity index (χ1) is 14.1. The lowest BCUT2D eigenvalue weighted by Gasteiger charge is -2.19. The van der Waals surface area contributed by atoms with Crippen molar-refractivity contribution in [2.24, 2.45) is 0 Å². The van der Waals surface area contributed by atoms with Crippen molar-refractivity contribution in [3.05, 3.63) is 71.8 Å². The third-order valence-corrected chi connectivity index (χ3v) is 5.29. The average molecular weight is 389 g/mol. The average Bonchev–Trinajstić information content (AvgIpc) is 3.16. The van der Waals surface area contributed by atoms with Crippen LogP contribution in [0.5, 0.6) is 5.75 Å². The minimum atomic E-state index is -0.873. The van der Waals surface area contributed by atoms with Gasteiger partial charge >= 0.3 is 5.97 Å². The van der Waals surface area contributed by atoms with Gasteiger partial charge in [-0.05, 0) is 29.4 Å². The Bertz CT molecular complexity index is 1050. The number of amides is 1. The zero-order chi connectivity index (χ0) is 20.2. The summed E-state index contributed by atoms with van der Waals surface area (Å²) in [4.78, 5) is 25.2. The van der Waals surface area contributed by atoms with E-state index in [2.05, 4.69) is 6.07 Å². The summed E-state index contributed by atoms with van der Waals surface area (Å²) in [6, 6.07) is 20.1. The van der Waals surface area contributed by atoms with Crippen LogP contribution in [0, 0.1) is 0 Å². The first-order valence-corrected chi connectivity index (χ1v) is 9.87. The van der Waals surface area contributed by atoms with E-state index in [0.717, 1.165) is 39.8 Å². The van der Waals surface area contributed by atoms with E-state index in [4.69, 9.17) is 9.84 Å². The summed E-state index contributed by atoms with van der Waals surface area (Å²) >= 11 is 0. The second kappa shape index (κ2) is 8.35. The number of aliphatic carboxylic acids is 1. The van der Waals surface area contributed by atoms with E-state index < -0.39 is 5.97 Å². The van der Waals surface area contributed by atoms with Crippen molar-refractivity contribution < 1.29 is 19.4 Å². The van der Waals surface area contributed by atoms with Crippen LogP contribution in [0.25, 0.3) is 10.8 Å². The SMILES string of the molecule is O=C(O)CCCC(=O)N1CCc2c1cc(OCc1ccccc1)c1ccccc21. The molecule has 0 aliphatic carbocycles. The van der Waals surface area contributed by atoms with Gasteiger partial charge in [0.1, 0.15) is 12.4 Å². The molecule has 0 saturated carbocycles. The van der Waals surface area contributed by atoms with E-state index in [9.17, 15) is 9.59 Å². The summed E-state index contributed by atoms with van der Waals surface area (Å²) in [7, 11) is 0. The van der Waals surface area contributed by atoms with E-state index in [-0.39, 0.29) is 18.7 Å². The Morgan fingerprint density at radius 3 is 2.45 bits per heavy atom. The van der Waals surface area contributed by atoms with Crippen molar-refractivity contribution in [2.45, 2.75) is 32.3 Å². The summed E-state index contributed by atoms with van der Waals surface area (Å²) < 4.78 is 6.16. The predicted octanol–water partition coefficient (Wildman–Crippen LogP) is 4.56. The smallest absolute Gasteiger partial charge is 0.303 e. The van der Waals surface area contributed by atoms with Crippen LogP contribution >= 0.6 is 0 Å². The van der Waals surface area contributed by atoms with Gasteiger partial charge in [0, 0.05) is 30.8 Å². The van der Waals surface area contributed by atoms with Crippen LogP contribution in [-0.2, 0) is 22.6 Å². The third-order valence-electron chi connectivity index (χ3n) is 5.29. The molecule has 148 valence electrons. The highest BCUT2D eigenvalue weighted by atomic mass is 16.5.